The van der Waals surface area contributed by atoms with Crippen LogP contribution in [0.4, 0.5) is 0 Å². The van der Waals surface area contributed by atoms with Gasteiger partial charge in [-0.15, -0.1) is 0 Å². The van der Waals surface area contributed by atoms with Crippen molar-refractivity contribution in [1.82, 2.24) is 9.88 Å². The lowest BCUT2D eigenvalue weighted by Gasteiger charge is -2.13. The van der Waals surface area contributed by atoms with Crippen molar-refractivity contribution < 1.29 is 9.53 Å². The molecule has 0 aromatic carbocycles. The Balaban J connectivity index is 2.54. The smallest absolute Gasteiger partial charge is 0.307 e. The summed E-state index contributed by atoms with van der Waals surface area (Å²) in [6.07, 6.45) is 6.80. The van der Waals surface area contributed by atoms with Gasteiger partial charge in [-0.3, -0.25) is 4.79 Å². The molecule has 4 heteroatoms. The highest BCUT2D eigenvalue weighted by Crippen LogP contribution is 2.18. The van der Waals surface area contributed by atoms with Gasteiger partial charge in [0.1, 0.15) is 0 Å². The van der Waals surface area contributed by atoms with Crippen LogP contribution in [0, 0.1) is 0 Å². The molecule has 1 aromatic heterocycles. The van der Waals surface area contributed by atoms with Crippen molar-refractivity contribution in [3.63, 3.8) is 0 Å². The lowest BCUT2D eigenvalue weighted by Crippen LogP contribution is -2.15. The summed E-state index contributed by atoms with van der Waals surface area (Å²) in [5, 5.41) is 3.30. The van der Waals surface area contributed by atoms with Gasteiger partial charge >= 0.3 is 5.97 Å². The zero-order valence-corrected chi connectivity index (χ0v) is 10.9. The Labute approximate surface area is 103 Å². The molecule has 0 spiro atoms. The Morgan fingerprint density at radius 1 is 1.59 bits per heavy atom. The summed E-state index contributed by atoms with van der Waals surface area (Å²) in [5.41, 5.74) is 1.28. The van der Waals surface area contributed by atoms with Gasteiger partial charge in [-0.2, -0.15) is 0 Å². The number of rotatable bonds is 7. The fraction of sp³-hybridized carbons (Fsp3) is 0.615. The molecule has 0 amide bonds. The van der Waals surface area contributed by atoms with Gasteiger partial charge in [-0.1, -0.05) is 13.3 Å². The van der Waals surface area contributed by atoms with Gasteiger partial charge in [0, 0.05) is 25.0 Å². The van der Waals surface area contributed by atoms with E-state index >= 15 is 0 Å². The summed E-state index contributed by atoms with van der Waals surface area (Å²) in [6.45, 7) is 2.85. The molecule has 0 aliphatic rings. The first-order valence-corrected chi connectivity index (χ1v) is 6.11. The molecule has 1 N–H and O–H groups in total. The molecule has 1 atom stereocenters. The minimum absolute atomic E-state index is 0.168. The second-order valence-corrected chi connectivity index (χ2v) is 4.14. The van der Waals surface area contributed by atoms with E-state index in [1.807, 2.05) is 17.8 Å². The predicted molar refractivity (Wildman–Crippen MR) is 67.8 cm³/mol. The Morgan fingerprint density at radius 2 is 2.35 bits per heavy atom. The van der Waals surface area contributed by atoms with Gasteiger partial charge in [-0.25, -0.2) is 0 Å². The van der Waals surface area contributed by atoms with Crippen LogP contribution < -0.4 is 5.32 Å². The molecule has 0 fully saturated rings. The van der Waals surface area contributed by atoms with E-state index in [-0.39, 0.29) is 5.97 Å². The Bertz CT molecular complexity index is 347. The summed E-state index contributed by atoms with van der Waals surface area (Å²) in [7, 11) is 3.40. The van der Waals surface area contributed by atoms with Gasteiger partial charge in [-0.05, 0) is 25.1 Å². The molecular weight excluding hydrogens is 216 g/mol. The van der Waals surface area contributed by atoms with Crippen LogP contribution in [0.15, 0.2) is 18.5 Å². The van der Waals surface area contributed by atoms with Crippen LogP contribution in [0.5, 0.6) is 0 Å². The summed E-state index contributed by atoms with van der Waals surface area (Å²) in [4.78, 5) is 11.0. The van der Waals surface area contributed by atoms with Gasteiger partial charge in [0.05, 0.1) is 13.5 Å². The van der Waals surface area contributed by atoms with Crippen LogP contribution in [0.25, 0.3) is 0 Å². The van der Waals surface area contributed by atoms with E-state index in [0.29, 0.717) is 19.0 Å². The minimum Gasteiger partial charge on any atom is -0.469 e. The molecule has 1 rings (SSSR count). The molecule has 96 valence electrons. The molecule has 0 bridgehead atoms. The number of nitrogens with zero attached hydrogens (tertiary/aromatic N) is 1. The van der Waals surface area contributed by atoms with E-state index in [1.165, 1.54) is 12.7 Å². The van der Waals surface area contributed by atoms with Gasteiger partial charge in [0.25, 0.3) is 0 Å². The van der Waals surface area contributed by atoms with Gasteiger partial charge in [0.15, 0.2) is 0 Å². The van der Waals surface area contributed by atoms with Crippen LogP contribution in [0.1, 0.15) is 37.8 Å². The van der Waals surface area contributed by atoms with Crippen LogP contribution in [-0.4, -0.2) is 24.7 Å². The largest absolute Gasteiger partial charge is 0.469 e. The molecule has 1 heterocycles. The molecule has 1 aromatic rings. The first-order valence-electron chi connectivity index (χ1n) is 6.11. The highest BCUT2D eigenvalue weighted by atomic mass is 16.5. The normalized spacial score (nSPS) is 12.4. The third-order valence-electron chi connectivity index (χ3n) is 2.90. The van der Waals surface area contributed by atoms with Crippen molar-refractivity contribution in [1.29, 1.82) is 0 Å². The maximum atomic E-state index is 11.0. The number of methoxy groups -OCH3 is 1. The molecule has 0 aliphatic heterocycles. The standard InChI is InChI=1S/C13H22N2O2/c1-4-5-12(14-2)11-6-8-15(10-11)9-7-13(16)17-3/h6,8,10,12,14H,4-5,7,9H2,1-3H3. The first-order chi connectivity index (χ1) is 8.21. The number of carbonyl (C=O) groups is 1. The first kappa shape index (κ1) is 13.8. The fourth-order valence-corrected chi connectivity index (χ4v) is 1.89. The quantitative estimate of drug-likeness (QED) is 0.740. The summed E-state index contributed by atoms with van der Waals surface area (Å²) >= 11 is 0. The van der Waals surface area contributed by atoms with Crippen molar-refractivity contribution >= 4 is 5.97 Å². The lowest BCUT2D eigenvalue weighted by molar-refractivity contribution is -0.140. The topological polar surface area (TPSA) is 43.3 Å². The number of aromatic nitrogens is 1. The molecule has 0 aliphatic carbocycles. The highest BCUT2D eigenvalue weighted by Gasteiger charge is 2.09. The van der Waals surface area contributed by atoms with Crippen molar-refractivity contribution in [3.05, 3.63) is 24.0 Å². The van der Waals surface area contributed by atoms with Crippen molar-refractivity contribution in [2.45, 2.75) is 38.8 Å². The monoisotopic (exact) mass is 238 g/mol. The number of hydrogen-bond acceptors (Lipinski definition) is 3. The number of hydrogen-bond donors (Lipinski definition) is 1. The summed E-state index contributed by atoms with van der Waals surface area (Å²) in [5.74, 6) is -0.168. The Morgan fingerprint density at radius 3 is 2.94 bits per heavy atom. The molecule has 0 saturated heterocycles. The molecule has 0 saturated carbocycles. The summed E-state index contributed by atoms with van der Waals surface area (Å²) < 4.78 is 6.66. The highest BCUT2D eigenvalue weighted by molar-refractivity contribution is 5.68. The number of carbonyl (C=O) groups excluding carboxylic acids is 1. The maximum Gasteiger partial charge on any atom is 0.307 e. The third kappa shape index (κ3) is 4.23. The fourth-order valence-electron chi connectivity index (χ4n) is 1.89. The summed E-state index contributed by atoms with van der Waals surface area (Å²) in [6, 6.07) is 2.51. The van der Waals surface area contributed by atoms with Crippen molar-refractivity contribution in [2.75, 3.05) is 14.2 Å². The van der Waals surface area contributed by atoms with E-state index in [4.69, 9.17) is 0 Å². The van der Waals surface area contributed by atoms with Crippen LogP contribution in [0.3, 0.4) is 0 Å². The van der Waals surface area contributed by atoms with E-state index in [1.54, 1.807) is 0 Å². The average Bonchev–Trinajstić information content (AvgIpc) is 2.81. The maximum absolute atomic E-state index is 11.0. The SMILES string of the molecule is CCCC(NC)c1ccn(CCC(=O)OC)c1. The number of esters is 1. The zero-order valence-electron chi connectivity index (χ0n) is 10.9. The van der Waals surface area contributed by atoms with Crippen LogP contribution >= 0.6 is 0 Å². The van der Waals surface area contributed by atoms with E-state index in [9.17, 15) is 4.79 Å². The van der Waals surface area contributed by atoms with Crippen LogP contribution in [0.2, 0.25) is 0 Å². The van der Waals surface area contributed by atoms with Crippen LogP contribution in [-0.2, 0) is 16.1 Å². The molecule has 4 nitrogen and oxygen atoms in total. The predicted octanol–water partition coefficient (Wildman–Crippen LogP) is 2.11. The van der Waals surface area contributed by atoms with Crippen molar-refractivity contribution in [3.8, 4) is 0 Å². The third-order valence-corrected chi connectivity index (χ3v) is 2.90. The Kier molecular flexibility index (Phi) is 5.77. The van der Waals surface area contributed by atoms with E-state index in [0.717, 1.165) is 12.8 Å². The molecule has 1 unspecified atom stereocenters. The molecule has 0 radical (unpaired) electrons. The second-order valence-electron chi connectivity index (χ2n) is 4.14. The molecule has 17 heavy (non-hydrogen) atoms. The van der Waals surface area contributed by atoms with E-state index in [2.05, 4.69) is 29.2 Å². The van der Waals surface area contributed by atoms with Gasteiger partial charge < -0.3 is 14.6 Å². The Hall–Kier alpha value is -1.29. The second kappa shape index (κ2) is 7.12. The number of nitrogens with one attached hydrogen (secondary N) is 1. The van der Waals surface area contributed by atoms with Crippen molar-refractivity contribution in [2.24, 2.45) is 0 Å². The molecular formula is C13H22N2O2. The minimum atomic E-state index is -0.168. The van der Waals surface area contributed by atoms with E-state index < -0.39 is 0 Å². The number of aryl methyl sites for hydroxylation is 1. The van der Waals surface area contributed by atoms with Gasteiger partial charge in [0.2, 0.25) is 0 Å². The zero-order chi connectivity index (χ0) is 12.7. The lowest BCUT2D eigenvalue weighted by atomic mass is 10.1. The average molecular weight is 238 g/mol. The number of ether oxygens (including phenoxy) is 1.